The van der Waals surface area contributed by atoms with Crippen molar-refractivity contribution < 1.29 is 44.2 Å². The molecule has 0 saturated carbocycles. The molecule has 0 radical (unpaired) electrons. The predicted molar refractivity (Wildman–Crippen MR) is 168 cm³/mol. The second-order valence-electron chi connectivity index (χ2n) is 10.1. The minimum Gasteiger partial charge on any atom is -0.497 e. The van der Waals surface area contributed by atoms with E-state index < -0.39 is 11.9 Å². The number of aliphatic carboxylic acids is 2. The first-order chi connectivity index (χ1) is 20.8. The van der Waals surface area contributed by atoms with E-state index in [0.717, 1.165) is 55.7 Å². The van der Waals surface area contributed by atoms with Gasteiger partial charge >= 0.3 is 11.9 Å². The van der Waals surface area contributed by atoms with E-state index in [0.29, 0.717) is 24.0 Å². The van der Waals surface area contributed by atoms with Crippen molar-refractivity contribution in [1.82, 2.24) is 4.90 Å². The molecular weight excluding hydrogens is 566 g/mol. The van der Waals surface area contributed by atoms with E-state index in [9.17, 15) is 9.59 Å². The maximum absolute atomic E-state index is 9.55. The van der Waals surface area contributed by atoms with Crippen molar-refractivity contribution >= 4 is 11.9 Å². The van der Waals surface area contributed by atoms with Crippen LogP contribution in [0, 0.1) is 5.92 Å². The molecule has 1 saturated heterocycles. The minimum absolute atomic E-state index is 0. The van der Waals surface area contributed by atoms with Gasteiger partial charge in [-0.25, -0.2) is 9.59 Å². The monoisotopic (exact) mass is 609 g/mol. The molecule has 0 atom stereocenters. The summed E-state index contributed by atoms with van der Waals surface area (Å²) < 4.78 is 21.9. The number of likely N-dealkylation sites (tertiary alicyclic amines) is 1. The third-order valence-electron chi connectivity index (χ3n) is 7.37. The van der Waals surface area contributed by atoms with Crippen LogP contribution in [0.1, 0.15) is 36.3 Å². The standard InChI is InChI=1S/C30H37NO4.C4H4O4.H2O/c1-32-26-9-5-23(6-10-26)30(24-7-11-27(33-2)12-8-24)25-17-20-31(21-18-25)19-4-22-35-29-15-13-28(34-3)14-16-29;5-3(6)1-2-4(7)8;/h5-16,25,30H,4,17-22H2,1-3H3;1-2H,(H,5,6)(H,7,8);1H2/b;2-1+;. The highest BCUT2D eigenvalue weighted by Crippen LogP contribution is 2.39. The first-order valence-corrected chi connectivity index (χ1v) is 14.2. The lowest BCUT2D eigenvalue weighted by molar-refractivity contribution is -0.134. The number of rotatable bonds is 13. The Balaban J connectivity index is 0.000000662. The van der Waals surface area contributed by atoms with Crippen LogP contribution in [0.4, 0.5) is 0 Å². The van der Waals surface area contributed by atoms with Gasteiger partial charge in [-0.15, -0.1) is 0 Å². The number of hydrogen-bond donors (Lipinski definition) is 2. The Morgan fingerprint density at radius 2 is 1.11 bits per heavy atom. The van der Waals surface area contributed by atoms with Crippen molar-refractivity contribution in [3.63, 3.8) is 0 Å². The summed E-state index contributed by atoms with van der Waals surface area (Å²) in [5.74, 6) is 1.99. The third-order valence-corrected chi connectivity index (χ3v) is 7.37. The summed E-state index contributed by atoms with van der Waals surface area (Å²) in [5.41, 5.74) is 2.70. The quantitative estimate of drug-likeness (QED) is 0.204. The second kappa shape index (κ2) is 18.9. The predicted octanol–water partition coefficient (Wildman–Crippen LogP) is 4.91. The van der Waals surface area contributed by atoms with Crippen molar-refractivity contribution in [2.24, 2.45) is 5.92 Å². The highest BCUT2D eigenvalue weighted by molar-refractivity contribution is 5.89. The van der Waals surface area contributed by atoms with Gasteiger partial charge in [-0.1, -0.05) is 24.3 Å². The molecule has 1 heterocycles. The third kappa shape index (κ3) is 11.6. The Morgan fingerprint density at radius 3 is 1.50 bits per heavy atom. The number of hydrogen-bond acceptors (Lipinski definition) is 7. The molecule has 0 aromatic heterocycles. The molecular formula is C34H43NO9. The number of piperidine rings is 1. The molecule has 0 aliphatic carbocycles. The topological polar surface area (TPSA) is 146 Å². The molecule has 10 nitrogen and oxygen atoms in total. The molecule has 4 N–H and O–H groups in total. The maximum atomic E-state index is 9.55. The zero-order valence-corrected chi connectivity index (χ0v) is 25.5. The lowest BCUT2D eigenvalue weighted by atomic mass is 9.76. The van der Waals surface area contributed by atoms with E-state index in [-0.39, 0.29) is 5.48 Å². The summed E-state index contributed by atoms with van der Waals surface area (Å²) >= 11 is 0. The highest BCUT2D eigenvalue weighted by atomic mass is 16.5. The van der Waals surface area contributed by atoms with Crippen LogP contribution in [-0.4, -0.2) is 80.1 Å². The summed E-state index contributed by atoms with van der Waals surface area (Å²) in [6, 6.07) is 25.0. The van der Waals surface area contributed by atoms with Gasteiger partial charge in [-0.05, 0) is 97.9 Å². The number of carbonyl (C=O) groups is 2. The van der Waals surface area contributed by atoms with Crippen molar-refractivity contribution in [2.45, 2.75) is 25.2 Å². The maximum Gasteiger partial charge on any atom is 0.328 e. The van der Waals surface area contributed by atoms with Crippen LogP contribution in [0.15, 0.2) is 84.9 Å². The van der Waals surface area contributed by atoms with Gasteiger partial charge in [0.05, 0.1) is 27.9 Å². The van der Waals surface area contributed by atoms with Crippen LogP contribution < -0.4 is 18.9 Å². The molecule has 4 rings (SSSR count). The molecule has 0 amide bonds. The molecule has 0 bridgehead atoms. The lowest BCUT2D eigenvalue weighted by Crippen LogP contribution is -2.36. The SMILES string of the molecule is COc1ccc(OCCCN2CCC(C(c3ccc(OC)cc3)c3ccc(OC)cc3)CC2)cc1.O.O=C(O)/C=C/C(=O)O. The Hall–Kier alpha value is -4.54. The van der Waals surface area contributed by atoms with E-state index in [1.54, 1.807) is 21.3 Å². The number of methoxy groups -OCH3 is 3. The van der Waals surface area contributed by atoms with E-state index in [2.05, 4.69) is 53.4 Å². The minimum atomic E-state index is -1.26. The van der Waals surface area contributed by atoms with Crippen LogP contribution in [0.5, 0.6) is 23.0 Å². The number of nitrogens with zero attached hydrogens (tertiary/aromatic N) is 1. The normalized spacial score (nSPS) is 13.4. The summed E-state index contributed by atoms with van der Waals surface area (Å²) in [7, 11) is 5.11. The number of ether oxygens (including phenoxy) is 4. The van der Waals surface area contributed by atoms with Crippen LogP contribution in [0.3, 0.4) is 0 Å². The van der Waals surface area contributed by atoms with Gasteiger partial charge in [0.2, 0.25) is 0 Å². The first-order valence-electron chi connectivity index (χ1n) is 14.2. The fraction of sp³-hybridized carbons (Fsp3) is 0.353. The van der Waals surface area contributed by atoms with Crippen LogP contribution in [0.2, 0.25) is 0 Å². The average Bonchev–Trinajstić information content (AvgIpc) is 3.04. The summed E-state index contributed by atoms with van der Waals surface area (Å²) in [6.07, 6.45) is 4.51. The van der Waals surface area contributed by atoms with Crippen molar-refractivity contribution in [3.8, 4) is 23.0 Å². The van der Waals surface area contributed by atoms with Gasteiger partial charge in [0.25, 0.3) is 0 Å². The van der Waals surface area contributed by atoms with E-state index in [1.165, 1.54) is 24.0 Å². The Kier molecular flexibility index (Phi) is 15.3. The summed E-state index contributed by atoms with van der Waals surface area (Å²) in [6.45, 7) is 4.04. The Bertz CT molecular complexity index is 1220. The van der Waals surface area contributed by atoms with Crippen LogP contribution in [-0.2, 0) is 9.59 Å². The van der Waals surface area contributed by atoms with Gasteiger partial charge in [0, 0.05) is 24.6 Å². The highest BCUT2D eigenvalue weighted by Gasteiger charge is 2.29. The molecule has 44 heavy (non-hydrogen) atoms. The second-order valence-corrected chi connectivity index (χ2v) is 10.1. The van der Waals surface area contributed by atoms with Crippen molar-refractivity contribution in [1.29, 1.82) is 0 Å². The fourth-order valence-corrected chi connectivity index (χ4v) is 5.16. The molecule has 10 heteroatoms. The van der Waals surface area contributed by atoms with E-state index >= 15 is 0 Å². The van der Waals surface area contributed by atoms with Gasteiger partial charge in [0.1, 0.15) is 23.0 Å². The molecule has 0 unspecified atom stereocenters. The van der Waals surface area contributed by atoms with Crippen LogP contribution >= 0.6 is 0 Å². The number of carboxylic acid groups (broad SMARTS) is 2. The van der Waals surface area contributed by atoms with Gasteiger partial charge in [-0.2, -0.15) is 0 Å². The fourth-order valence-electron chi connectivity index (χ4n) is 5.16. The molecule has 3 aromatic carbocycles. The van der Waals surface area contributed by atoms with Crippen LogP contribution in [0.25, 0.3) is 0 Å². The van der Waals surface area contributed by atoms with Crippen molar-refractivity contribution in [3.05, 3.63) is 96.1 Å². The summed E-state index contributed by atoms with van der Waals surface area (Å²) in [5, 5.41) is 15.6. The zero-order valence-electron chi connectivity index (χ0n) is 25.5. The zero-order chi connectivity index (χ0) is 31.0. The van der Waals surface area contributed by atoms with Gasteiger partial charge < -0.3 is 39.5 Å². The van der Waals surface area contributed by atoms with Gasteiger partial charge in [0.15, 0.2) is 0 Å². The van der Waals surface area contributed by atoms with E-state index in [4.69, 9.17) is 29.2 Å². The average molecular weight is 610 g/mol. The molecule has 1 aliphatic heterocycles. The Morgan fingerprint density at radius 1 is 0.727 bits per heavy atom. The molecule has 3 aromatic rings. The molecule has 238 valence electrons. The largest absolute Gasteiger partial charge is 0.497 e. The first kappa shape index (κ1) is 35.7. The van der Waals surface area contributed by atoms with Gasteiger partial charge in [-0.3, -0.25) is 0 Å². The molecule has 0 spiro atoms. The number of carboxylic acids is 2. The summed E-state index contributed by atoms with van der Waals surface area (Å²) in [4.78, 5) is 21.7. The number of benzene rings is 3. The Labute approximate surface area is 258 Å². The lowest BCUT2D eigenvalue weighted by Gasteiger charge is -2.36. The van der Waals surface area contributed by atoms with E-state index in [1.807, 2.05) is 24.3 Å². The molecule has 1 fully saturated rings. The van der Waals surface area contributed by atoms with Crippen molar-refractivity contribution in [2.75, 3.05) is 47.6 Å². The molecule has 1 aliphatic rings. The smallest absolute Gasteiger partial charge is 0.328 e.